The Labute approximate surface area is 154 Å². The van der Waals surface area contributed by atoms with Gasteiger partial charge in [0.2, 0.25) is 5.91 Å². The molecule has 3 rings (SSSR count). The number of likely N-dealkylation sites (tertiary alicyclic amines) is 1. The minimum atomic E-state index is -0.226. The molecule has 142 valence electrons. The first kappa shape index (κ1) is 18.7. The van der Waals surface area contributed by atoms with Crippen molar-refractivity contribution in [1.82, 2.24) is 15.1 Å². The molecule has 0 unspecified atom stereocenters. The number of amides is 3. The Balaban J connectivity index is 1.55. The van der Waals surface area contributed by atoms with Crippen LogP contribution in [0, 0.1) is 12.8 Å². The maximum absolute atomic E-state index is 12.6. The van der Waals surface area contributed by atoms with Crippen molar-refractivity contribution >= 4 is 17.6 Å². The summed E-state index contributed by atoms with van der Waals surface area (Å²) >= 11 is 0. The molecule has 0 aromatic heterocycles. The van der Waals surface area contributed by atoms with Crippen LogP contribution in [-0.4, -0.2) is 74.2 Å². The number of hydrogen-bond donors (Lipinski definition) is 2. The number of carbonyl (C=O) groups is 2. The van der Waals surface area contributed by atoms with E-state index in [1.807, 2.05) is 50.2 Å². The normalized spacial score (nSPS) is 24.6. The van der Waals surface area contributed by atoms with Crippen LogP contribution in [0.1, 0.15) is 12.0 Å². The summed E-state index contributed by atoms with van der Waals surface area (Å²) in [6, 6.07) is 7.57. The minimum absolute atomic E-state index is 0.0283. The van der Waals surface area contributed by atoms with E-state index in [-0.39, 0.29) is 30.1 Å². The van der Waals surface area contributed by atoms with Gasteiger partial charge < -0.3 is 25.2 Å². The summed E-state index contributed by atoms with van der Waals surface area (Å²) < 4.78 is 5.92. The molecule has 7 heteroatoms. The summed E-state index contributed by atoms with van der Waals surface area (Å²) in [6.07, 6.45) is 0.378. The fourth-order valence-corrected chi connectivity index (χ4v) is 3.54. The van der Waals surface area contributed by atoms with Crippen molar-refractivity contribution in [3.05, 3.63) is 29.8 Å². The van der Waals surface area contributed by atoms with E-state index in [9.17, 15) is 9.59 Å². The molecule has 0 saturated carbocycles. The van der Waals surface area contributed by atoms with E-state index in [2.05, 4.69) is 10.6 Å². The Morgan fingerprint density at radius 1 is 1.27 bits per heavy atom. The number of nitrogens with zero attached hydrogens (tertiary/aromatic N) is 2. The first-order valence-corrected chi connectivity index (χ1v) is 9.13. The highest BCUT2D eigenvalue weighted by atomic mass is 16.5. The highest BCUT2D eigenvalue weighted by molar-refractivity contribution is 5.90. The molecule has 2 aliphatic rings. The van der Waals surface area contributed by atoms with Crippen molar-refractivity contribution in [2.24, 2.45) is 5.92 Å². The van der Waals surface area contributed by atoms with E-state index in [1.165, 1.54) is 0 Å². The number of morpholine rings is 1. The van der Waals surface area contributed by atoms with Crippen LogP contribution in [0.25, 0.3) is 0 Å². The third-order valence-electron chi connectivity index (χ3n) is 5.03. The van der Waals surface area contributed by atoms with Crippen molar-refractivity contribution < 1.29 is 14.3 Å². The van der Waals surface area contributed by atoms with Crippen molar-refractivity contribution in [2.75, 3.05) is 45.6 Å². The second-order valence-electron chi connectivity index (χ2n) is 7.38. The Bertz CT molecular complexity index is 664. The SMILES string of the molecule is Cc1ccccc1NC(=O)N1C[C@H]2C[C@H](C(=O)NCCN(C)C)[C@@H](C1)O2. The van der Waals surface area contributed by atoms with Crippen LogP contribution in [-0.2, 0) is 9.53 Å². The van der Waals surface area contributed by atoms with Gasteiger partial charge >= 0.3 is 6.03 Å². The third-order valence-corrected chi connectivity index (χ3v) is 5.03. The number of nitrogens with one attached hydrogen (secondary N) is 2. The molecular formula is C19H28N4O3. The summed E-state index contributed by atoms with van der Waals surface area (Å²) in [5, 5.41) is 5.95. The molecule has 2 bridgehead atoms. The third kappa shape index (κ3) is 4.34. The molecule has 0 spiro atoms. The molecule has 7 nitrogen and oxygen atoms in total. The van der Waals surface area contributed by atoms with E-state index in [0.29, 0.717) is 26.1 Å². The molecule has 2 N–H and O–H groups in total. The average molecular weight is 360 g/mol. The van der Waals surface area contributed by atoms with Gasteiger partial charge in [0.05, 0.1) is 18.1 Å². The monoisotopic (exact) mass is 360 g/mol. The number of benzene rings is 1. The Morgan fingerprint density at radius 2 is 2.04 bits per heavy atom. The number of fused-ring (bicyclic) bond motifs is 2. The zero-order valence-corrected chi connectivity index (χ0v) is 15.7. The summed E-state index contributed by atoms with van der Waals surface area (Å²) in [7, 11) is 3.95. The maximum Gasteiger partial charge on any atom is 0.322 e. The zero-order chi connectivity index (χ0) is 18.7. The maximum atomic E-state index is 12.6. The van der Waals surface area contributed by atoms with Gasteiger partial charge in [-0.2, -0.15) is 0 Å². The quantitative estimate of drug-likeness (QED) is 0.830. The van der Waals surface area contributed by atoms with Gasteiger partial charge in [0, 0.05) is 31.9 Å². The van der Waals surface area contributed by atoms with E-state index in [1.54, 1.807) is 4.90 Å². The summed E-state index contributed by atoms with van der Waals surface area (Å²) in [6.45, 7) is 4.36. The van der Waals surface area contributed by atoms with Crippen LogP contribution in [0.2, 0.25) is 0 Å². The van der Waals surface area contributed by atoms with E-state index in [0.717, 1.165) is 17.8 Å². The Morgan fingerprint density at radius 3 is 2.77 bits per heavy atom. The first-order chi connectivity index (χ1) is 12.4. The fraction of sp³-hybridized carbons (Fsp3) is 0.579. The number of urea groups is 1. The standard InChI is InChI=1S/C19H28N4O3/c1-13-6-4-5-7-16(13)21-19(25)23-11-14-10-15(17(12-23)26-14)18(24)20-8-9-22(2)3/h4-7,14-15,17H,8-12H2,1-3H3,(H,20,24)(H,21,25)/t14-,15+,17-/m1/s1. The largest absolute Gasteiger partial charge is 0.370 e. The van der Waals surface area contributed by atoms with Gasteiger partial charge in [-0.3, -0.25) is 4.79 Å². The molecule has 0 radical (unpaired) electrons. The predicted octanol–water partition coefficient (Wildman–Crippen LogP) is 1.29. The van der Waals surface area contributed by atoms with Gasteiger partial charge in [-0.15, -0.1) is 0 Å². The number of carbonyl (C=O) groups excluding carboxylic acids is 2. The van der Waals surface area contributed by atoms with Gasteiger partial charge in [0.15, 0.2) is 0 Å². The molecule has 2 saturated heterocycles. The molecule has 2 heterocycles. The van der Waals surface area contributed by atoms with Gasteiger partial charge in [0.1, 0.15) is 0 Å². The molecule has 3 atom stereocenters. The summed E-state index contributed by atoms with van der Waals surface area (Å²) in [4.78, 5) is 28.9. The summed E-state index contributed by atoms with van der Waals surface area (Å²) in [5.74, 6) is -0.154. The van der Waals surface area contributed by atoms with Crippen LogP contribution < -0.4 is 10.6 Å². The lowest BCUT2D eigenvalue weighted by Crippen LogP contribution is -2.49. The smallest absolute Gasteiger partial charge is 0.322 e. The highest BCUT2D eigenvalue weighted by Crippen LogP contribution is 2.32. The second-order valence-corrected chi connectivity index (χ2v) is 7.38. The number of rotatable bonds is 5. The molecule has 2 aliphatic heterocycles. The van der Waals surface area contributed by atoms with Gasteiger partial charge in [0.25, 0.3) is 0 Å². The molecule has 0 aliphatic carbocycles. The van der Waals surface area contributed by atoms with Gasteiger partial charge in [-0.05, 0) is 39.1 Å². The van der Waals surface area contributed by atoms with Crippen molar-refractivity contribution in [3.8, 4) is 0 Å². The Hall–Kier alpha value is -2.12. The van der Waals surface area contributed by atoms with Gasteiger partial charge in [-0.25, -0.2) is 4.79 Å². The van der Waals surface area contributed by atoms with Crippen LogP contribution >= 0.6 is 0 Å². The van der Waals surface area contributed by atoms with E-state index < -0.39 is 0 Å². The lowest BCUT2D eigenvalue weighted by Gasteiger charge is -2.33. The van der Waals surface area contributed by atoms with Crippen LogP contribution in [0.3, 0.4) is 0 Å². The van der Waals surface area contributed by atoms with E-state index >= 15 is 0 Å². The molecule has 1 aromatic rings. The Kier molecular flexibility index (Phi) is 5.78. The van der Waals surface area contributed by atoms with Crippen LogP contribution in [0.15, 0.2) is 24.3 Å². The van der Waals surface area contributed by atoms with Crippen LogP contribution in [0.4, 0.5) is 10.5 Å². The lowest BCUT2D eigenvalue weighted by molar-refractivity contribution is -0.127. The molecular weight excluding hydrogens is 332 g/mol. The predicted molar refractivity (Wildman–Crippen MR) is 100 cm³/mol. The lowest BCUT2D eigenvalue weighted by atomic mass is 9.99. The average Bonchev–Trinajstić information content (AvgIpc) is 2.90. The molecule has 1 aromatic carbocycles. The van der Waals surface area contributed by atoms with Crippen molar-refractivity contribution in [3.63, 3.8) is 0 Å². The minimum Gasteiger partial charge on any atom is -0.370 e. The van der Waals surface area contributed by atoms with Crippen molar-refractivity contribution in [1.29, 1.82) is 0 Å². The topological polar surface area (TPSA) is 73.9 Å². The number of anilines is 1. The number of hydrogen-bond acceptors (Lipinski definition) is 4. The second kappa shape index (κ2) is 8.05. The highest BCUT2D eigenvalue weighted by Gasteiger charge is 2.45. The number of likely N-dealkylation sites (N-methyl/N-ethyl adjacent to an activating group) is 1. The first-order valence-electron chi connectivity index (χ1n) is 9.13. The molecule has 3 amide bonds. The van der Waals surface area contributed by atoms with Crippen LogP contribution in [0.5, 0.6) is 0 Å². The zero-order valence-electron chi connectivity index (χ0n) is 15.7. The fourth-order valence-electron chi connectivity index (χ4n) is 3.54. The number of aryl methyl sites for hydroxylation is 1. The number of ether oxygens (including phenoxy) is 1. The molecule has 2 fully saturated rings. The molecule has 26 heavy (non-hydrogen) atoms. The number of para-hydroxylation sites is 1. The summed E-state index contributed by atoms with van der Waals surface area (Å²) in [5.41, 5.74) is 1.84. The van der Waals surface area contributed by atoms with Crippen molar-refractivity contribution in [2.45, 2.75) is 25.6 Å². The van der Waals surface area contributed by atoms with E-state index in [4.69, 9.17) is 4.74 Å². The van der Waals surface area contributed by atoms with Gasteiger partial charge in [-0.1, -0.05) is 18.2 Å².